The predicted molar refractivity (Wildman–Crippen MR) is 109 cm³/mol. The van der Waals surface area contributed by atoms with Crippen molar-refractivity contribution < 1.29 is 0 Å². The molecule has 0 fully saturated rings. The minimum Gasteiger partial charge on any atom is -0.303 e. The first-order valence-electron chi connectivity index (χ1n) is 8.98. The van der Waals surface area contributed by atoms with Gasteiger partial charge in [0.2, 0.25) is 5.95 Å². The molecular weight excluding hydrogens is 366 g/mol. The lowest BCUT2D eigenvalue weighted by atomic mass is 10.1. The molecule has 1 N–H and O–H groups in total. The van der Waals surface area contributed by atoms with Crippen LogP contribution in [0, 0.1) is 13.5 Å². The second kappa shape index (κ2) is 6.42. The Morgan fingerprint density at radius 2 is 2.07 bits per heavy atom. The summed E-state index contributed by atoms with van der Waals surface area (Å²) in [6.07, 6.45) is 3.21. The summed E-state index contributed by atoms with van der Waals surface area (Å²) in [6.45, 7) is 9.65. The quantitative estimate of drug-likeness (QED) is 0.486. The predicted octanol–water partition coefficient (Wildman–Crippen LogP) is 3.37. The van der Waals surface area contributed by atoms with E-state index < -0.39 is 0 Å². The van der Waals surface area contributed by atoms with Gasteiger partial charge in [-0.25, -0.2) is 19.6 Å². The molecule has 29 heavy (non-hydrogen) atoms. The minimum atomic E-state index is -0.237. The van der Waals surface area contributed by atoms with Crippen LogP contribution >= 0.6 is 0 Å². The Labute approximate surface area is 164 Å². The van der Waals surface area contributed by atoms with E-state index in [4.69, 9.17) is 6.57 Å². The van der Waals surface area contributed by atoms with Crippen molar-refractivity contribution in [2.45, 2.75) is 13.5 Å². The molecule has 0 atom stereocenters. The van der Waals surface area contributed by atoms with Crippen molar-refractivity contribution in [2.75, 3.05) is 0 Å². The summed E-state index contributed by atoms with van der Waals surface area (Å²) in [5.41, 5.74) is 4.99. The highest BCUT2D eigenvalue weighted by Gasteiger charge is 2.13. The number of nitrogens with one attached hydrogen (secondary N) is 1. The monoisotopic (exact) mass is 381 g/mol. The zero-order valence-electron chi connectivity index (χ0n) is 15.5. The summed E-state index contributed by atoms with van der Waals surface area (Å²) in [5, 5.41) is 0. The first kappa shape index (κ1) is 16.9. The van der Waals surface area contributed by atoms with E-state index in [0.717, 1.165) is 22.2 Å². The van der Waals surface area contributed by atoms with Crippen LogP contribution in [0.2, 0.25) is 0 Å². The largest absolute Gasteiger partial charge is 0.328 e. The van der Waals surface area contributed by atoms with Gasteiger partial charge in [-0.1, -0.05) is 35.9 Å². The molecule has 0 saturated heterocycles. The summed E-state index contributed by atoms with van der Waals surface area (Å²) in [6, 6.07) is 13.3. The number of hydrogen-bond acceptors (Lipinski definition) is 4. The number of fused-ring (bicyclic) bond motifs is 2. The number of nitrogens with zero attached hydrogens (tertiary/aromatic N) is 6. The Bertz CT molecular complexity index is 1480. The Morgan fingerprint density at radius 3 is 2.90 bits per heavy atom. The van der Waals surface area contributed by atoms with Gasteiger partial charge in [0.15, 0.2) is 11.3 Å². The van der Waals surface area contributed by atoms with Crippen molar-refractivity contribution in [3.8, 4) is 5.95 Å². The Kier molecular flexibility index (Phi) is 3.74. The van der Waals surface area contributed by atoms with Crippen LogP contribution in [0.5, 0.6) is 0 Å². The number of aryl methyl sites for hydroxylation is 1. The van der Waals surface area contributed by atoms with Crippen LogP contribution in [0.1, 0.15) is 11.1 Å². The van der Waals surface area contributed by atoms with Gasteiger partial charge in [-0.3, -0.25) is 9.13 Å². The van der Waals surface area contributed by atoms with Crippen LogP contribution in [0.15, 0.2) is 59.8 Å². The molecule has 0 radical (unpaired) electrons. The molecule has 8 heteroatoms. The zero-order valence-corrected chi connectivity index (χ0v) is 15.5. The molecule has 5 aromatic rings. The van der Waals surface area contributed by atoms with Gasteiger partial charge in [0.1, 0.15) is 11.8 Å². The van der Waals surface area contributed by atoms with E-state index in [9.17, 15) is 4.79 Å². The van der Waals surface area contributed by atoms with Crippen molar-refractivity contribution in [3.05, 3.63) is 88.0 Å². The van der Waals surface area contributed by atoms with Crippen LogP contribution in [-0.2, 0) is 6.54 Å². The van der Waals surface area contributed by atoms with Gasteiger partial charge in [-0.2, -0.15) is 4.98 Å². The topological polar surface area (TPSA) is 85.8 Å². The lowest BCUT2D eigenvalue weighted by molar-refractivity contribution is 0.774. The number of imidazole rings is 2. The molecule has 8 nitrogen and oxygen atoms in total. The summed E-state index contributed by atoms with van der Waals surface area (Å²) in [5.74, 6) is 0.388. The van der Waals surface area contributed by atoms with Gasteiger partial charge >= 0.3 is 5.69 Å². The first-order chi connectivity index (χ1) is 14.1. The van der Waals surface area contributed by atoms with Crippen molar-refractivity contribution in [1.29, 1.82) is 0 Å². The van der Waals surface area contributed by atoms with Gasteiger partial charge in [0.25, 0.3) is 0 Å². The molecule has 3 aromatic heterocycles. The summed E-state index contributed by atoms with van der Waals surface area (Å²) in [7, 11) is 0. The van der Waals surface area contributed by atoms with Crippen LogP contribution < -0.4 is 5.69 Å². The first-order valence-corrected chi connectivity index (χ1v) is 8.98. The van der Waals surface area contributed by atoms with Crippen molar-refractivity contribution >= 4 is 27.9 Å². The average molecular weight is 381 g/mol. The van der Waals surface area contributed by atoms with Crippen LogP contribution in [0.25, 0.3) is 33.0 Å². The third kappa shape index (κ3) is 2.85. The van der Waals surface area contributed by atoms with Crippen LogP contribution in [0.3, 0.4) is 0 Å². The Hall–Kier alpha value is -4.25. The van der Waals surface area contributed by atoms with Gasteiger partial charge in [0.05, 0.1) is 30.3 Å². The molecule has 0 spiro atoms. The molecular formula is C21H15N7O. The number of H-pyrrole nitrogens is 1. The van der Waals surface area contributed by atoms with E-state index >= 15 is 0 Å². The van der Waals surface area contributed by atoms with Gasteiger partial charge < -0.3 is 4.98 Å². The highest BCUT2D eigenvalue weighted by molar-refractivity contribution is 5.81. The maximum atomic E-state index is 12.5. The third-order valence-electron chi connectivity index (χ3n) is 4.80. The number of hydrogen-bond donors (Lipinski definition) is 1. The minimum absolute atomic E-state index is 0.237. The van der Waals surface area contributed by atoms with Gasteiger partial charge in [-0.15, -0.1) is 0 Å². The molecule has 0 bridgehead atoms. The molecule has 140 valence electrons. The van der Waals surface area contributed by atoms with Crippen molar-refractivity contribution in [3.63, 3.8) is 0 Å². The standard InChI is InChI=1S/C21H15N7O/c1-13-4-3-5-14(8-13)11-27-19-17(25-21(27)29)10-23-20(26-19)28-12-24-16-7-6-15(22-2)9-18(16)28/h3-10,12H,11H2,1H3,(H,25,29). The number of rotatable bonds is 3. The van der Waals surface area contributed by atoms with Gasteiger partial charge in [-0.05, 0) is 24.6 Å². The highest BCUT2D eigenvalue weighted by Crippen LogP contribution is 2.22. The molecule has 2 aromatic carbocycles. The van der Waals surface area contributed by atoms with Crippen LogP contribution in [-0.4, -0.2) is 29.1 Å². The lowest BCUT2D eigenvalue weighted by Crippen LogP contribution is -2.18. The zero-order chi connectivity index (χ0) is 20.0. The smallest absolute Gasteiger partial charge is 0.303 e. The Morgan fingerprint density at radius 1 is 1.17 bits per heavy atom. The van der Waals surface area contributed by atoms with Gasteiger partial charge in [0, 0.05) is 0 Å². The SMILES string of the molecule is [C-]#[N+]c1ccc2ncn(-c3ncc4[nH]c(=O)n(Cc5cccc(C)c5)c4n3)c2c1. The second-order valence-electron chi connectivity index (χ2n) is 6.81. The number of benzene rings is 2. The third-order valence-corrected chi connectivity index (χ3v) is 4.80. The van der Waals surface area contributed by atoms with Crippen molar-refractivity contribution in [1.82, 2.24) is 29.1 Å². The summed E-state index contributed by atoms with van der Waals surface area (Å²) < 4.78 is 3.32. The Balaban J connectivity index is 1.66. The molecule has 0 aliphatic rings. The van der Waals surface area contributed by atoms with E-state index in [1.807, 2.05) is 31.2 Å². The van der Waals surface area contributed by atoms with Crippen molar-refractivity contribution in [2.24, 2.45) is 0 Å². The normalized spacial score (nSPS) is 11.2. The second-order valence-corrected chi connectivity index (χ2v) is 6.81. The van der Waals surface area contributed by atoms with E-state index in [2.05, 4.69) is 24.8 Å². The highest BCUT2D eigenvalue weighted by atomic mass is 16.1. The number of aromatic nitrogens is 6. The van der Waals surface area contributed by atoms with E-state index in [-0.39, 0.29) is 5.69 Å². The molecule has 0 aliphatic heterocycles. The summed E-state index contributed by atoms with van der Waals surface area (Å²) in [4.78, 5) is 32.2. The fraction of sp³-hybridized carbons (Fsp3) is 0.0952. The maximum absolute atomic E-state index is 12.5. The van der Waals surface area contributed by atoms with E-state index in [1.54, 1.807) is 39.9 Å². The summed E-state index contributed by atoms with van der Waals surface area (Å²) >= 11 is 0. The molecule has 0 saturated carbocycles. The molecule has 0 unspecified atom stereocenters. The fourth-order valence-corrected chi connectivity index (χ4v) is 3.42. The van der Waals surface area contributed by atoms with Crippen LogP contribution in [0.4, 0.5) is 5.69 Å². The average Bonchev–Trinajstić information content (AvgIpc) is 3.28. The molecule has 0 aliphatic carbocycles. The maximum Gasteiger partial charge on any atom is 0.328 e. The fourth-order valence-electron chi connectivity index (χ4n) is 3.42. The van der Waals surface area contributed by atoms with E-state index in [0.29, 0.717) is 29.3 Å². The molecule has 5 rings (SSSR count). The molecule has 0 amide bonds. The number of aromatic amines is 1. The molecule has 3 heterocycles. The van der Waals surface area contributed by atoms with E-state index in [1.165, 1.54) is 0 Å². The lowest BCUT2D eigenvalue weighted by Gasteiger charge is -2.06.